The van der Waals surface area contributed by atoms with Crippen molar-refractivity contribution in [3.63, 3.8) is 0 Å². The Bertz CT molecular complexity index is 748. The lowest BCUT2D eigenvalue weighted by Gasteiger charge is -2.24. The maximum atomic E-state index is 12.5. The Morgan fingerprint density at radius 2 is 1.96 bits per heavy atom. The third kappa shape index (κ3) is 7.02. The molecule has 0 aliphatic heterocycles. The lowest BCUT2D eigenvalue weighted by molar-refractivity contribution is -0.143. The van der Waals surface area contributed by atoms with Crippen LogP contribution in [0.4, 0.5) is 5.69 Å². The summed E-state index contributed by atoms with van der Waals surface area (Å²) in [6.45, 7) is 2.00. The highest BCUT2D eigenvalue weighted by Crippen LogP contribution is 2.14. The molecule has 0 heterocycles. The van der Waals surface area contributed by atoms with Crippen LogP contribution in [0.5, 0.6) is 0 Å². The number of benzene rings is 1. The van der Waals surface area contributed by atoms with Crippen LogP contribution in [0.2, 0.25) is 0 Å². The minimum atomic E-state index is -1.07. The zero-order chi connectivity index (χ0) is 20.9. The maximum Gasteiger partial charge on any atom is 0.255 e. The Labute approximate surface area is 163 Å². The monoisotopic (exact) mass is 388 g/mol. The van der Waals surface area contributed by atoms with Gasteiger partial charge in [0.05, 0.1) is 0 Å². The van der Waals surface area contributed by atoms with Crippen molar-refractivity contribution in [2.24, 2.45) is 0 Å². The van der Waals surface area contributed by atoms with Crippen molar-refractivity contribution in [3.05, 3.63) is 41.6 Å². The molecule has 0 spiro atoms. The quantitative estimate of drug-likeness (QED) is 0.350. The van der Waals surface area contributed by atoms with E-state index in [9.17, 15) is 24.0 Å². The molecule has 0 saturated heterocycles. The second-order valence-corrected chi connectivity index (χ2v) is 5.88. The van der Waals surface area contributed by atoms with Crippen molar-refractivity contribution in [2.45, 2.75) is 32.4 Å². The van der Waals surface area contributed by atoms with Gasteiger partial charge in [-0.05, 0) is 31.0 Å². The third-order valence-electron chi connectivity index (χ3n) is 3.81. The highest BCUT2D eigenvalue weighted by Gasteiger charge is 2.27. The van der Waals surface area contributed by atoms with Gasteiger partial charge in [0.2, 0.25) is 18.7 Å². The summed E-state index contributed by atoms with van der Waals surface area (Å²) >= 11 is 0. The van der Waals surface area contributed by atoms with E-state index in [4.69, 9.17) is 0 Å². The third-order valence-corrected chi connectivity index (χ3v) is 3.81. The summed E-state index contributed by atoms with van der Waals surface area (Å²) in [4.78, 5) is 57.6. The number of nitrogens with one attached hydrogen (secondary N) is 3. The summed E-state index contributed by atoms with van der Waals surface area (Å²) in [6, 6.07) is 6.13. The van der Waals surface area contributed by atoms with Gasteiger partial charge in [-0.3, -0.25) is 24.1 Å². The van der Waals surface area contributed by atoms with Crippen LogP contribution in [0.15, 0.2) is 36.0 Å². The summed E-state index contributed by atoms with van der Waals surface area (Å²) in [5, 5.41) is 7.96. The van der Waals surface area contributed by atoms with Gasteiger partial charge in [-0.1, -0.05) is 12.1 Å². The Kier molecular flexibility index (Phi) is 9.66. The molecule has 9 heteroatoms. The number of imide groups is 1. The number of nitrogens with zero attached hydrogens (tertiary/aromatic N) is 1. The van der Waals surface area contributed by atoms with Crippen molar-refractivity contribution in [3.8, 4) is 0 Å². The number of hydrogen-bond acceptors (Lipinski definition) is 6. The van der Waals surface area contributed by atoms with Gasteiger partial charge in [-0.25, -0.2) is 0 Å². The highest BCUT2D eigenvalue weighted by atomic mass is 16.2. The molecular formula is C19H24N4O5. The van der Waals surface area contributed by atoms with Crippen LogP contribution < -0.4 is 16.0 Å². The molecule has 4 amide bonds. The first-order valence-corrected chi connectivity index (χ1v) is 8.61. The predicted octanol–water partition coefficient (Wildman–Crippen LogP) is 0.327. The number of rotatable bonds is 12. The predicted molar refractivity (Wildman–Crippen MR) is 103 cm³/mol. The van der Waals surface area contributed by atoms with Crippen LogP contribution in [0.25, 0.3) is 0 Å². The van der Waals surface area contributed by atoms with E-state index in [1.807, 2.05) is 6.07 Å². The largest absolute Gasteiger partial charge is 0.359 e. The Hall–Kier alpha value is -3.49. The lowest BCUT2D eigenvalue weighted by atomic mass is 10.1. The highest BCUT2D eigenvalue weighted by molar-refractivity contribution is 5.99. The molecule has 0 fully saturated rings. The van der Waals surface area contributed by atoms with E-state index < -0.39 is 17.9 Å². The zero-order valence-corrected chi connectivity index (χ0v) is 15.8. The Morgan fingerprint density at radius 1 is 1.21 bits per heavy atom. The van der Waals surface area contributed by atoms with Gasteiger partial charge in [0, 0.05) is 37.5 Å². The second-order valence-electron chi connectivity index (χ2n) is 5.88. The minimum absolute atomic E-state index is 0.0399. The van der Waals surface area contributed by atoms with Crippen LogP contribution in [-0.2, 0) is 30.5 Å². The van der Waals surface area contributed by atoms with E-state index in [0.717, 1.165) is 10.5 Å². The fraction of sp³-hybridized carbons (Fsp3) is 0.316. The summed E-state index contributed by atoms with van der Waals surface area (Å²) in [7, 11) is 1.39. The number of hydrogen-bond donors (Lipinski definition) is 3. The van der Waals surface area contributed by atoms with Gasteiger partial charge in [0.15, 0.2) is 0 Å². The molecule has 0 radical (unpaired) electrons. The summed E-state index contributed by atoms with van der Waals surface area (Å²) in [5.74, 6) is -1.21. The fourth-order valence-corrected chi connectivity index (χ4v) is 2.51. The first kappa shape index (κ1) is 22.6. The number of aldehydes is 1. The van der Waals surface area contributed by atoms with Crippen molar-refractivity contribution >= 4 is 36.6 Å². The SMILES string of the molecule is CNC(=O)C(CCC=O)N(C=O)C(=O)/C=C(\C)Nc1cccc(CNC=O)c1. The Balaban J connectivity index is 2.91. The lowest BCUT2D eigenvalue weighted by Crippen LogP contribution is -2.47. The van der Waals surface area contributed by atoms with E-state index in [1.165, 1.54) is 13.1 Å². The summed E-state index contributed by atoms with van der Waals surface area (Å²) in [5.41, 5.74) is 2.00. The topological polar surface area (TPSA) is 125 Å². The van der Waals surface area contributed by atoms with Gasteiger partial charge >= 0.3 is 0 Å². The molecule has 0 saturated carbocycles. The molecule has 1 unspecified atom stereocenters. The van der Waals surface area contributed by atoms with Crippen molar-refractivity contribution in [1.29, 1.82) is 0 Å². The van der Waals surface area contributed by atoms with Crippen LogP contribution in [-0.4, -0.2) is 48.9 Å². The van der Waals surface area contributed by atoms with E-state index >= 15 is 0 Å². The van der Waals surface area contributed by atoms with Crippen LogP contribution >= 0.6 is 0 Å². The van der Waals surface area contributed by atoms with Gasteiger partial charge in [-0.15, -0.1) is 0 Å². The summed E-state index contributed by atoms with van der Waals surface area (Å²) < 4.78 is 0. The normalized spacial score (nSPS) is 11.7. The fourth-order valence-electron chi connectivity index (χ4n) is 2.51. The molecule has 9 nitrogen and oxygen atoms in total. The minimum Gasteiger partial charge on any atom is -0.359 e. The maximum absolute atomic E-state index is 12.5. The number of allylic oxidation sites excluding steroid dienone is 1. The smallest absolute Gasteiger partial charge is 0.255 e. The van der Waals surface area contributed by atoms with E-state index in [1.54, 1.807) is 25.1 Å². The van der Waals surface area contributed by atoms with E-state index in [-0.39, 0.29) is 19.3 Å². The molecule has 1 aromatic carbocycles. The molecule has 1 rings (SSSR count). The number of carbonyl (C=O) groups is 5. The van der Waals surface area contributed by atoms with Gasteiger partial charge in [-0.2, -0.15) is 0 Å². The molecule has 1 atom stereocenters. The zero-order valence-electron chi connectivity index (χ0n) is 15.8. The van der Waals surface area contributed by atoms with Crippen LogP contribution in [0.3, 0.4) is 0 Å². The molecule has 3 N–H and O–H groups in total. The number of amides is 4. The van der Waals surface area contributed by atoms with Gasteiger partial charge < -0.3 is 20.7 Å². The van der Waals surface area contributed by atoms with Crippen molar-refractivity contribution in [1.82, 2.24) is 15.5 Å². The van der Waals surface area contributed by atoms with E-state index in [2.05, 4.69) is 16.0 Å². The van der Waals surface area contributed by atoms with Crippen LogP contribution in [0.1, 0.15) is 25.3 Å². The average Bonchev–Trinajstić information content (AvgIpc) is 2.68. The number of likely N-dealkylation sites (N-methyl/N-ethyl adjacent to an activating group) is 1. The molecule has 0 aromatic heterocycles. The first-order chi connectivity index (χ1) is 13.5. The van der Waals surface area contributed by atoms with Crippen molar-refractivity contribution < 1.29 is 24.0 Å². The molecule has 1 aromatic rings. The molecule has 0 aliphatic rings. The van der Waals surface area contributed by atoms with Crippen molar-refractivity contribution in [2.75, 3.05) is 12.4 Å². The molecule has 0 aliphatic carbocycles. The van der Waals surface area contributed by atoms with Gasteiger partial charge in [0.1, 0.15) is 12.3 Å². The second kappa shape index (κ2) is 12.0. The van der Waals surface area contributed by atoms with Crippen LogP contribution in [0, 0.1) is 0 Å². The first-order valence-electron chi connectivity index (χ1n) is 8.61. The van der Waals surface area contributed by atoms with E-state index in [0.29, 0.717) is 30.6 Å². The molecular weight excluding hydrogens is 364 g/mol. The number of anilines is 1. The molecule has 0 bridgehead atoms. The molecule has 28 heavy (non-hydrogen) atoms. The standard InChI is InChI=1S/C19H24N4O5/c1-14(22-16-6-3-5-15(10-16)11-21-12-25)9-18(27)23(13-26)17(7-4-8-24)19(28)20-2/h3,5-6,8-10,12-13,17,22H,4,7,11H2,1-2H3,(H,20,28)(H,21,25)/b14-9+. The Morgan fingerprint density at radius 3 is 2.57 bits per heavy atom. The summed E-state index contributed by atoms with van der Waals surface area (Å²) in [6.07, 6.45) is 2.78. The number of carbonyl (C=O) groups excluding carboxylic acids is 5. The molecule has 150 valence electrons. The van der Waals surface area contributed by atoms with Gasteiger partial charge in [0.25, 0.3) is 5.91 Å². The average molecular weight is 388 g/mol.